The fourth-order valence-electron chi connectivity index (χ4n) is 3.25. The maximum absolute atomic E-state index is 12.4. The Bertz CT molecular complexity index is 1100. The van der Waals surface area contributed by atoms with Gasteiger partial charge in [-0.1, -0.05) is 18.2 Å². The van der Waals surface area contributed by atoms with Crippen molar-refractivity contribution in [3.05, 3.63) is 64.0 Å². The molecule has 0 amide bonds. The van der Waals surface area contributed by atoms with Gasteiger partial charge >= 0.3 is 5.63 Å². The molecule has 3 aromatic rings. The summed E-state index contributed by atoms with van der Waals surface area (Å²) in [5.74, 6) is 1.13. The largest absolute Gasteiger partial charge is 0.506 e. The number of hydrogen-bond donors (Lipinski definition) is 2. The summed E-state index contributed by atoms with van der Waals surface area (Å²) in [4.78, 5) is 12.4. The van der Waals surface area contributed by atoms with Gasteiger partial charge < -0.3 is 24.4 Å². The van der Waals surface area contributed by atoms with Gasteiger partial charge in [0.2, 0.25) is 0 Å². The number of para-hydroxylation sites is 1. The molecule has 1 aromatic heterocycles. The van der Waals surface area contributed by atoms with Gasteiger partial charge in [-0.15, -0.1) is 0 Å². The maximum Gasteiger partial charge on any atom is 0.349 e. The lowest BCUT2D eigenvalue weighted by molar-refractivity contribution is 0.354. The van der Waals surface area contributed by atoms with E-state index in [0.717, 1.165) is 5.56 Å². The molecule has 0 spiro atoms. The van der Waals surface area contributed by atoms with Crippen LogP contribution >= 0.6 is 0 Å². The van der Waals surface area contributed by atoms with Crippen molar-refractivity contribution in [2.75, 3.05) is 14.2 Å². The molecule has 1 unspecified atom stereocenters. The van der Waals surface area contributed by atoms with Gasteiger partial charge in [0, 0.05) is 6.42 Å². The third kappa shape index (κ3) is 2.87. The van der Waals surface area contributed by atoms with Crippen molar-refractivity contribution in [1.82, 2.24) is 5.43 Å². The fraction of sp³-hybridized carbons (Fsp3) is 0.200. The highest BCUT2D eigenvalue weighted by Gasteiger charge is 2.27. The van der Waals surface area contributed by atoms with Gasteiger partial charge in [-0.3, -0.25) is 0 Å². The predicted octanol–water partition coefficient (Wildman–Crippen LogP) is 2.95. The lowest BCUT2D eigenvalue weighted by atomic mass is 9.98. The van der Waals surface area contributed by atoms with Crippen molar-refractivity contribution in [2.45, 2.75) is 12.5 Å². The van der Waals surface area contributed by atoms with Crippen molar-refractivity contribution in [3.8, 4) is 17.2 Å². The summed E-state index contributed by atoms with van der Waals surface area (Å²) in [7, 11) is 3.15. The van der Waals surface area contributed by atoms with E-state index in [1.165, 1.54) is 0 Å². The third-order valence-corrected chi connectivity index (χ3v) is 4.64. The van der Waals surface area contributed by atoms with E-state index in [2.05, 4.69) is 10.5 Å². The second-order valence-corrected chi connectivity index (χ2v) is 6.17. The Morgan fingerprint density at radius 2 is 1.93 bits per heavy atom. The zero-order chi connectivity index (χ0) is 19.0. The van der Waals surface area contributed by atoms with Crippen molar-refractivity contribution in [3.63, 3.8) is 0 Å². The topological polar surface area (TPSA) is 93.3 Å². The quantitative estimate of drug-likeness (QED) is 0.690. The van der Waals surface area contributed by atoms with E-state index < -0.39 is 5.63 Å². The molecule has 27 heavy (non-hydrogen) atoms. The monoisotopic (exact) mass is 366 g/mol. The Morgan fingerprint density at radius 3 is 2.70 bits per heavy atom. The van der Waals surface area contributed by atoms with E-state index in [0.29, 0.717) is 34.6 Å². The van der Waals surface area contributed by atoms with Gasteiger partial charge in [-0.2, -0.15) is 5.10 Å². The van der Waals surface area contributed by atoms with Crippen molar-refractivity contribution < 1.29 is 19.0 Å². The molecule has 1 aliphatic heterocycles. The number of nitrogens with one attached hydrogen (secondary N) is 1. The number of fused-ring (bicyclic) bond motifs is 1. The Hall–Kier alpha value is -3.48. The highest BCUT2D eigenvalue weighted by atomic mass is 16.5. The number of ether oxygens (including phenoxy) is 2. The van der Waals surface area contributed by atoms with Crippen LogP contribution in [0.25, 0.3) is 11.0 Å². The summed E-state index contributed by atoms with van der Waals surface area (Å²) in [6.07, 6.45) is 0.423. The Morgan fingerprint density at radius 1 is 1.15 bits per heavy atom. The smallest absolute Gasteiger partial charge is 0.349 e. The molecule has 0 saturated carbocycles. The highest BCUT2D eigenvalue weighted by molar-refractivity contribution is 6.06. The van der Waals surface area contributed by atoms with Crippen LogP contribution in [0.3, 0.4) is 0 Å². The van der Waals surface area contributed by atoms with Crippen molar-refractivity contribution >= 4 is 16.7 Å². The molecule has 7 heteroatoms. The minimum atomic E-state index is -0.611. The number of hydrogen-bond acceptors (Lipinski definition) is 7. The molecule has 2 N–H and O–H groups in total. The van der Waals surface area contributed by atoms with Gasteiger partial charge in [0.05, 0.1) is 31.4 Å². The molecule has 0 bridgehead atoms. The molecule has 2 heterocycles. The van der Waals surface area contributed by atoms with Crippen LogP contribution in [-0.2, 0) is 0 Å². The van der Waals surface area contributed by atoms with Crippen molar-refractivity contribution in [1.29, 1.82) is 0 Å². The third-order valence-electron chi connectivity index (χ3n) is 4.64. The number of nitrogens with zero attached hydrogens (tertiary/aromatic N) is 1. The molecule has 1 aliphatic rings. The van der Waals surface area contributed by atoms with E-state index >= 15 is 0 Å². The zero-order valence-electron chi connectivity index (χ0n) is 14.9. The van der Waals surface area contributed by atoms with Gasteiger partial charge in [0.25, 0.3) is 0 Å². The summed E-state index contributed by atoms with van der Waals surface area (Å²) >= 11 is 0. The Labute approximate surface area is 154 Å². The van der Waals surface area contributed by atoms with Crippen molar-refractivity contribution in [2.24, 2.45) is 5.10 Å². The lowest BCUT2D eigenvalue weighted by Crippen LogP contribution is -2.15. The lowest BCUT2D eigenvalue weighted by Gasteiger charge is -2.14. The van der Waals surface area contributed by atoms with E-state index in [1.54, 1.807) is 38.5 Å². The summed E-state index contributed by atoms with van der Waals surface area (Å²) in [6.45, 7) is 0. The summed E-state index contributed by atoms with van der Waals surface area (Å²) in [5, 5.41) is 15.3. The minimum absolute atomic E-state index is 0.0872. The predicted molar refractivity (Wildman–Crippen MR) is 101 cm³/mol. The summed E-state index contributed by atoms with van der Waals surface area (Å²) in [5.41, 5.74) is 4.21. The van der Waals surface area contributed by atoms with E-state index in [9.17, 15) is 9.90 Å². The Balaban J connectivity index is 1.67. The first-order valence-electron chi connectivity index (χ1n) is 8.41. The van der Waals surface area contributed by atoms with Crippen LogP contribution in [0.1, 0.15) is 23.6 Å². The van der Waals surface area contributed by atoms with Crippen LogP contribution in [0.4, 0.5) is 0 Å². The van der Waals surface area contributed by atoms with Gasteiger partial charge in [0.15, 0.2) is 11.5 Å². The Kier molecular flexibility index (Phi) is 4.19. The minimum Gasteiger partial charge on any atom is -0.506 e. The average Bonchev–Trinajstić information content (AvgIpc) is 3.17. The van der Waals surface area contributed by atoms with Crippen LogP contribution in [0.15, 0.2) is 56.8 Å². The normalized spacial score (nSPS) is 16.1. The number of aromatic hydroxyl groups is 1. The molecular weight excluding hydrogens is 348 g/mol. The average molecular weight is 366 g/mol. The first-order chi connectivity index (χ1) is 13.1. The SMILES string of the molecule is COc1ccc(C2CC(c3c(O)c4ccccc4oc3=O)=NN2)cc1OC. The van der Waals surface area contributed by atoms with Crippen LogP contribution in [0.2, 0.25) is 0 Å². The van der Waals surface area contributed by atoms with Crippen LogP contribution in [-0.4, -0.2) is 25.0 Å². The van der Waals surface area contributed by atoms with E-state index in [1.807, 2.05) is 18.2 Å². The molecule has 7 nitrogen and oxygen atoms in total. The maximum atomic E-state index is 12.4. The standard InChI is InChI=1S/C20H18N2O5/c1-25-16-8-7-11(9-17(16)26-2)13-10-14(22-21-13)18-19(23)12-5-3-4-6-15(12)27-20(18)24/h3-9,13,21,23H,10H2,1-2H3. The van der Waals surface area contributed by atoms with Crippen LogP contribution < -0.4 is 20.5 Å². The molecule has 0 fully saturated rings. The first kappa shape index (κ1) is 17.0. The first-order valence-corrected chi connectivity index (χ1v) is 8.41. The molecule has 2 aromatic carbocycles. The van der Waals surface area contributed by atoms with Gasteiger partial charge in [0.1, 0.15) is 16.9 Å². The summed E-state index contributed by atoms with van der Waals surface area (Å²) < 4.78 is 15.9. The van der Waals surface area contributed by atoms with Crippen LogP contribution in [0, 0.1) is 0 Å². The van der Waals surface area contributed by atoms with Gasteiger partial charge in [-0.25, -0.2) is 4.79 Å². The molecule has 0 radical (unpaired) electrons. The van der Waals surface area contributed by atoms with E-state index in [4.69, 9.17) is 13.9 Å². The number of hydrazone groups is 1. The van der Waals surface area contributed by atoms with Gasteiger partial charge in [-0.05, 0) is 29.8 Å². The van der Waals surface area contributed by atoms with E-state index in [-0.39, 0.29) is 17.4 Å². The number of benzene rings is 2. The molecule has 1 atom stereocenters. The second kappa shape index (κ2) is 6.68. The van der Waals surface area contributed by atoms with Crippen LogP contribution in [0.5, 0.6) is 17.2 Å². The molecule has 0 saturated heterocycles. The molecule has 4 rings (SSSR count). The number of methoxy groups -OCH3 is 2. The fourth-order valence-corrected chi connectivity index (χ4v) is 3.25. The molecular formula is C20H18N2O5. The second-order valence-electron chi connectivity index (χ2n) is 6.17. The number of rotatable bonds is 4. The zero-order valence-corrected chi connectivity index (χ0v) is 14.9. The molecule has 138 valence electrons. The summed E-state index contributed by atoms with van der Waals surface area (Å²) in [6, 6.07) is 12.3. The molecule has 0 aliphatic carbocycles. The highest BCUT2D eigenvalue weighted by Crippen LogP contribution is 2.34.